The molecule has 4 rings (SSSR count). The summed E-state index contributed by atoms with van der Waals surface area (Å²) in [5.74, 6) is 0.769. The number of fused-ring (bicyclic) bond motifs is 1. The Bertz CT molecular complexity index is 1270. The number of methoxy groups -OCH3 is 1. The highest BCUT2D eigenvalue weighted by Gasteiger charge is 2.30. The molecular weight excluding hydrogens is 478 g/mol. The summed E-state index contributed by atoms with van der Waals surface area (Å²) in [5.41, 5.74) is 1.57. The Morgan fingerprint density at radius 1 is 1.09 bits per heavy atom. The summed E-state index contributed by atoms with van der Waals surface area (Å²) in [7, 11) is -2.40. The van der Waals surface area contributed by atoms with Crippen LogP contribution in [0.3, 0.4) is 0 Å². The zero-order valence-electron chi connectivity index (χ0n) is 18.9. The monoisotopic (exact) mass is 503 g/mol. The Hall–Kier alpha value is -3.15. The Balaban J connectivity index is 1.48. The lowest BCUT2D eigenvalue weighted by molar-refractivity contribution is -0.118. The van der Waals surface area contributed by atoms with Gasteiger partial charge in [-0.2, -0.15) is 4.72 Å². The molecule has 1 amide bonds. The van der Waals surface area contributed by atoms with Gasteiger partial charge in [-0.3, -0.25) is 4.79 Å². The van der Waals surface area contributed by atoms with Gasteiger partial charge in [0.25, 0.3) is 0 Å². The van der Waals surface area contributed by atoms with Crippen LogP contribution in [-0.4, -0.2) is 45.7 Å². The van der Waals surface area contributed by atoms with Crippen molar-refractivity contribution in [1.29, 1.82) is 0 Å². The first-order valence-electron chi connectivity index (χ1n) is 10.6. The van der Waals surface area contributed by atoms with Crippen LogP contribution in [0.15, 0.2) is 52.7 Å². The van der Waals surface area contributed by atoms with E-state index in [0.29, 0.717) is 35.5 Å². The molecule has 1 aliphatic rings. The van der Waals surface area contributed by atoms with Crippen molar-refractivity contribution in [1.82, 2.24) is 9.71 Å². The van der Waals surface area contributed by atoms with Crippen molar-refractivity contribution in [3.63, 3.8) is 0 Å². The van der Waals surface area contributed by atoms with Crippen LogP contribution in [-0.2, 0) is 14.8 Å². The average molecular weight is 504 g/mol. The number of nitrogens with zero attached hydrogens (tertiary/aromatic N) is 1. The molecule has 1 aliphatic heterocycles. The van der Waals surface area contributed by atoms with Gasteiger partial charge in [0, 0.05) is 17.0 Å². The highest BCUT2D eigenvalue weighted by Crippen LogP contribution is 2.32. The molecule has 11 heteroatoms. The van der Waals surface area contributed by atoms with E-state index in [1.165, 1.54) is 23.5 Å². The van der Waals surface area contributed by atoms with Gasteiger partial charge in [0.1, 0.15) is 25.0 Å². The molecule has 2 aromatic carbocycles. The number of carbonyl (C=O) groups excluding carboxylic acids is 1. The summed E-state index contributed by atoms with van der Waals surface area (Å²) in [4.78, 5) is 17.4. The number of rotatable bonds is 8. The van der Waals surface area contributed by atoms with Crippen LogP contribution in [0.1, 0.15) is 13.8 Å². The first-order chi connectivity index (χ1) is 16.3. The SMILES string of the molecule is COc1ccc(-c2csc(NC(=O)[C@@H](NS(=O)(=O)c3ccc4c(c3)OCCO4)C(C)C)n2)cc1. The molecule has 0 fully saturated rings. The summed E-state index contributed by atoms with van der Waals surface area (Å²) in [6, 6.07) is 10.8. The van der Waals surface area contributed by atoms with Crippen LogP contribution in [0, 0.1) is 5.92 Å². The minimum Gasteiger partial charge on any atom is -0.497 e. The predicted molar refractivity (Wildman–Crippen MR) is 129 cm³/mol. The molecule has 1 aromatic heterocycles. The van der Waals surface area contributed by atoms with Crippen LogP contribution in [0.2, 0.25) is 0 Å². The van der Waals surface area contributed by atoms with E-state index in [4.69, 9.17) is 14.2 Å². The van der Waals surface area contributed by atoms with Gasteiger partial charge in [-0.15, -0.1) is 11.3 Å². The van der Waals surface area contributed by atoms with Crippen LogP contribution in [0.4, 0.5) is 5.13 Å². The number of hydrogen-bond donors (Lipinski definition) is 2. The number of thiazole rings is 1. The van der Waals surface area contributed by atoms with E-state index in [1.54, 1.807) is 27.0 Å². The molecule has 34 heavy (non-hydrogen) atoms. The number of hydrogen-bond acceptors (Lipinski definition) is 8. The maximum Gasteiger partial charge on any atom is 0.244 e. The molecule has 3 aromatic rings. The summed E-state index contributed by atoms with van der Waals surface area (Å²) in [6.07, 6.45) is 0. The number of benzene rings is 2. The van der Waals surface area contributed by atoms with Crippen molar-refractivity contribution in [3.8, 4) is 28.5 Å². The topological polar surface area (TPSA) is 116 Å². The van der Waals surface area contributed by atoms with E-state index in [9.17, 15) is 13.2 Å². The largest absolute Gasteiger partial charge is 0.497 e. The van der Waals surface area contributed by atoms with Crippen molar-refractivity contribution in [3.05, 3.63) is 47.8 Å². The lowest BCUT2D eigenvalue weighted by Crippen LogP contribution is -2.47. The first kappa shape index (κ1) is 24.0. The number of carbonyl (C=O) groups is 1. The third-order valence-electron chi connectivity index (χ3n) is 5.18. The number of aromatic nitrogens is 1. The molecule has 1 atom stereocenters. The van der Waals surface area contributed by atoms with Gasteiger partial charge in [0.15, 0.2) is 16.6 Å². The molecule has 2 heterocycles. The third kappa shape index (κ3) is 5.32. The zero-order valence-corrected chi connectivity index (χ0v) is 20.5. The molecule has 0 spiro atoms. The van der Waals surface area contributed by atoms with Crippen molar-refractivity contribution < 1.29 is 27.4 Å². The molecule has 0 bridgehead atoms. The first-order valence-corrected chi connectivity index (χ1v) is 13.0. The van der Waals surface area contributed by atoms with Crippen molar-refractivity contribution in [2.75, 3.05) is 25.6 Å². The predicted octanol–water partition coefficient (Wildman–Crippen LogP) is 3.53. The fourth-order valence-corrected chi connectivity index (χ4v) is 5.41. The van der Waals surface area contributed by atoms with Crippen molar-refractivity contribution >= 4 is 32.4 Å². The lowest BCUT2D eigenvalue weighted by Gasteiger charge is -2.22. The Morgan fingerprint density at radius 3 is 2.47 bits per heavy atom. The van der Waals surface area contributed by atoms with Crippen LogP contribution in [0.5, 0.6) is 17.2 Å². The fourth-order valence-electron chi connectivity index (χ4n) is 3.33. The Morgan fingerprint density at radius 2 is 1.79 bits per heavy atom. The Kier molecular flexibility index (Phi) is 7.05. The van der Waals surface area contributed by atoms with Gasteiger partial charge in [-0.1, -0.05) is 13.8 Å². The van der Waals surface area contributed by atoms with E-state index in [2.05, 4.69) is 15.0 Å². The second kappa shape index (κ2) is 10.00. The van der Waals surface area contributed by atoms with Gasteiger partial charge < -0.3 is 19.5 Å². The number of nitrogens with one attached hydrogen (secondary N) is 2. The molecule has 0 radical (unpaired) electrons. The van der Waals surface area contributed by atoms with Crippen LogP contribution in [0.25, 0.3) is 11.3 Å². The number of sulfonamides is 1. The van der Waals surface area contributed by atoms with E-state index in [0.717, 1.165) is 11.3 Å². The number of ether oxygens (including phenoxy) is 3. The van der Waals surface area contributed by atoms with Crippen LogP contribution < -0.4 is 24.2 Å². The van der Waals surface area contributed by atoms with E-state index in [-0.39, 0.29) is 10.8 Å². The molecule has 0 saturated heterocycles. The minimum atomic E-state index is -3.99. The van der Waals surface area contributed by atoms with Crippen molar-refractivity contribution in [2.45, 2.75) is 24.8 Å². The lowest BCUT2D eigenvalue weighted by atomic mass is 10.1. The molecule has 0 saturated carbocycles. The maximum atomic E-state index is 13.0. The molecule has 2 N–H and O–H groups in total. The standard InChI is InChI=1S/C23H25N3O6S2/c1-14(2)21(26-34(28,29)17-8-9-19-20(12-17)32-11-10-31-19)22(27)25-23-24-18(13-33-23)15-4-6-16(30-3)7-5-15/h4-9,12-14,21,26H,10-11H2,1-3H3,(H,24,25,27)/t21-/m0/s1. The summed E-state index contributed by atoms with van der Waals surface area (Å²) < 4.78 is 44.6. The minimum absolute atomic E-state index is 0.00811. The number of anilines is 1. The second-order valence-electron chi connectivity index (χ2n) is 7.90. The van der Waals surface area contributed by atoms with Gasteiger partial charge >= 0.3 is 0 Å². The van der Waals surface area contributed by atoms with Gasteiger partial charge in [0.2, 0.25) is 15.9 Å². The third-order valence-corrected chi connectivity index (χ3v) is 7.37. The van der Waals surface area contributed by atoms with Gasteiger partial charge in [-0.05, 0) is 42.3 Å². The Labute approximate surface area is 202 Å². The van der Waals surface area contributed by atoms with Gasteiger partial charge in [-0.25, -0.2) is 13.4 Å². The summed E-state index contributed by atoms with van der Waals surface area (Å²) in [5, 5.41) is 4.93. The molecular formula is C23H25N3O6S2. The maximum absolute atomic E-state index is 13.0. The second-order valence-corrected chi connectivity index (χ2v) is 10.5. The van der Waals surface area contributed by atoms with E-state index in [1.807, 2.05) is 29.6 Å². The molecule has 180 valence electrons. The van der Waals surface area contributed by atoms with E-state index < -0.39 is 22.0 Å². The highest BCUT2D eigenvalue weighted by atomic mass is 32.2. The van der Waals surface area contributed by atoms with E-state index >= 15 is 0 Å². The smallest absolute Gasteiger partial charge is 0.244 e. The normalized spacial score (nSPS) is 14.0. The summed E-state index contributed by atoms with van der Waals surface area (Å²) >= 11 is 1.26. The quantitative estimate of drug-likeness (QED) is 0.483. The summed E-state index contributed by atoms with van der Waals surface area (Å²) in [6.45, 7) is 4.28. The molecule has 0 unspecified atom stereocenters. The molecule has 0 aliphatic carbocycles. The highest BCUT2D eigenvalue weighted by molar-refractivity contribution is 7.89. The van der Waals surface area contributed by atoms with Crippen molar-refractivity contribution in [2.24, 2.45) is 5.92 Å². The molecule has 9 nitrogen and oxygen atoms in total. The van der Waals surface area contributed by atoms with Crippen LogP contribution >= 0.6 is 11.3 Å². The number of amides is 1. The fraction of sp³-hybridized carbons (Fsp3) is 0.304. The van der Waals surface area contributed by atoms with Gasteiger partial charge in [0.05, 0.1) is 17.7 Å². The average Bonchev–Trinajstić information content (AvgIpc) is 3.30. The zero-order chi connectivity index (χ0) is 24.3.